The second kappa shape index (κ2) is 8.61. The van der Waals surface area contributed by atoms with Crippen molar-refractivity contribution < 1.29 is 4.39 Å². The third kappa shape index (κ3) is 4.61. The monoisotopic (exact) mass is 306 g/mol. The second-order valence-corrected chi connectivity index (χ2v) is 5.70. The number of nitrogens with one attached hydrogen (secondary N) is 2. The molecular formula is C17H27FN4. The van der Waals surface area contributed by atoms with E-state index in [1.807, 2.05) is 0 Å². The minimum atomic E-state index is -0.308. The summed E-state index contributed by atoms with van der Waals surface area (Å²) in [4.78, 5) is 6.62. The lowest BCUT2D eigenvalue weighted by molar-refractivity contribution is 0.470. The van der Waals surface area contributed by atoms with Crippen molar-refractivity contribution >= 4 is 11.6 Å². The molecule has 1 saturated heterocycles. The molecule has 122 valence electrons. The van der Waals surface area contributed by atoms with E-state index in [4.69, 9.17) is 0 Å². The summed E-state index contributed by atoms with van der Waals surface area (Å²) in [6, 6.07) is 8.82. The fourth-order valence-electron chi connectivity index (χ4n) is 2.72. The second-order valence-electron chi connectivity index (χ2n) is 5.70. The molecule has 22 heavy (non-hydrogen) atoms. The van der Waals surface area contributed by atoms with E-state index in [-0.39, 0.29) is 12.7 Å². The van der Waals surface area contributed by atoms with E-state index in [1.165, 1.54) is 24.1 Å². The van der Waals surface area contributed by atoms with Crippen LogP contribution in [0.4, 0.5) is 10.1 Å². The Kier molecular flexibility index (Phi) is 6.49. The van der Waals surface area contributed by atoms with Gasteiger partial charge in [0.25, 0.3) is 0 Å². The molecule has 1 fully saturated rings. The van der Waals surface area contributed by atoms with E-state index in [0.717, 1.165) is 13.1 Å². The van der Waals surface area contributed by atoms with E-state index < -0.39 is 0 Å². The van der Waals surface area contributed by atoms with Crippen LogP contribution in [0.15, 0.2) is 29.3 Å². The first-order valence-electron chi connectivity index (χ1n) is 8.12. The molecule has 1 aliphatic rings. The molecule has 2 N–H and O–H groups in total. The minimum absolute atomic E-state index is 0.152. The Hall–Kier alpha value is -1.78. The van der Waals surface area contributed by atoms with Crippen LogP contribution in [0.1, 0.15) is 37.8 Å². The number of guanidine groups is 1. The van der Waals surface area contributed by atoms with Gasteiger partial charge in [-0.1, -0.05) is 12.1 Å². The number of halogens is 1. The van der Waals surface area contributed by atoms with Crippen LogP contribution in [0.25, 0.3) is 0 Å². The smallest absolute Gasteiger partial charge is 0.191 e. The summed E-state index contributed by atoms with van der Waals surface area (Å²) in [5, 5.41) is 6.49. The molecule has 5 heteroatoms. The van der Waals surface area contributed by atoms with Crippen molar-refractivity contribution in [2.75, 3.05) is 38.3 Å². The third-order valence-corrected chi connectivity index (χ3v) is 4.02. The van der Waals surface area contributed by atoms with Gasteiger partial charge in [0.2, 0.25) is 0 Å². The lowest BCUT2D eigenvalue weighted by atomic mass is 10.1. The molecule has 0 saturated carbocycles. The molecule has 0 amide bonds. The number of nitrogens with zero attached hydrogens (tertiary/aromatic N) is 2. The SMILES string of the molecule is CN=C(NCCCF)NC(C)c1cccc(N2CCCC2)c1. The maximum absolute atomic E-state index is 12.2. The Morgan fingerprint density at radius 3 is 2.82 bits per heavy atom. The zero-order valence-electron chi connectivity index (χ0n) is 13.6. The summed E-state index contributed by atoms with van der Waals surface area (Å²) in [7, 11) is 1.73. The lowest BCUT2D eigenvalue weighted by Gasteiger charge is -2.22. The van der Waals surface area contributed by atoms with Gasteiger partial charge in [-0.25, -0.2) is 0 Å². The topological polar surface area (TPSA) is 39.7 Å². The van der Waals surface area contributed by atoms with Gasteiger partial charge in [0.05, 0.1) is 12.7 Å². The van der Waals surface area contributed by atoms with E-state index in [9.17, 15) is 4.39 Å². The van der Waals surface area contributed by atoms with Crippen LogP contribution in [-0.4, -0.2) is 39.3 Å². The van der Waals surface area contributed by atoms with Gasteiger partial charge < -0.3 is 15.5 Å². The Morgan fingerprint density at radius 2 is 2.14 bits per heavy atom. The largest absolute Gasteiger partial charge is 0.372 e. The van der Waals surface area contributed by atoms with Gasteiger partial charge in [-0.2, -0.15) is 0 Å². The number of hydrogen-bond donors (Lipinski definition) is 2. The number of rotatable bonds is 6. The van der Waals surface area contributed by atoms with Crippen LogP contribution in [0, 0.1) is 0 Å². The molecule has 1 unspecified atom stereocenters. The standard InChI is InChI=1S/C17H27FN4/c1-14(21-17(19-2)20-10-6-9-18)15-7-5-8-16(13-15)22-11-3-4-12-22/h5,7-8,13-14H,3-4,6,9-12H2,1-2H3,(H2,19,20,21). The van der Waals surface area contributed by atoms with Gasteiger partial charge >= 0.3 is 0 Å². The first kappa shape index (κ1) is 16.6. The summed E-state index contributed by atoms with van der Waals surface area (Å²) >= 11 is 0. The minimum Gasteiger partial charge on any atom is -0.372 e. The molecule has 0 bridgehead atoms. The van der Waals surface area contributed by atoms with E-state index >= 15 is 0 Å². The maximum Gasteiger partial charge on any atom is 0.191 e. The summed E-state index contributed by atoms with van der Waals surface area (Å²) in [5.74, 6) is 0.715. The maximum atomic E-state index is 12.2. The average Bonchev–Trinajstić information content (AvgIpc) is 3.08. The Bertz CT molecular complexity index is 483. The lowest BCUT2D eigenvalue weighted by Crippen LogP contribution is -2.39. The van der Waals surface area contributed by atoms with Gasteiger partial charge in [-0.3, -0.25) is 9.38 Å². The molecule has 4 nitrogen and oxygen atoms in total. The first-order chi connectivity index (χ1) is 10.7. The predicted molar refractivity (Wildman–Crippen MR) is 91.4 cm³/mol. The number of anilines is 1. The fourth-order valence-corrected chi connectivity index (χ4v) is 2.72. The van der Waals surface area contributed by atoms with Crippen molar-refractivity contribution in [3.63, 3.8) is 0 Å². The Balaban J connectivity index is 1.96. The van der Waals surface area contributed by atoms with E-state index in [1.54, 1.807) is 7.05 Å². The van der Waals surface area contributed by atoms with Crippen LogP contribution in [0.5, 0.6) is 0 Å². The average molecular weight is 306 g/mol. The quantitative estimate of drug-likeness (QED) is 0.482. The van der Waals surface area contributed by atoms with E-state index in [2.05, 4.69) is 51.7 Å². The molecule has 1 heterocycles. The van der Waals surface area contributed by atoms with Gasteiger partial charge in [-0.05, 0) is 43.9 Å². The zero-order chi connectivity index (χ0) is 15.8. The highest BCUT2D eigenvalue weighted by atomic mass is 19.1. The van der Waals surface area contributed by atoms with Crippen LogP contribution >= 0.6 is 0 Å². The molecule has 1 aliphatic heterocycles. The summed E-state index contributed by atoms with van der Waals surface area (Å²) in [6.07, 6.45) is 3.06. The molecule has 0 aromatic heterocycles. The number of aliphatic imine (C=N–C) groups is 1. The summed E-state index contributed by atoms with van der Waals surface area (Å²) < 4.78 is 12.2. The summed E-state index contributed by atoms with van der Waals surface area (Å²) in [5.41, 5.74) is 2.53. The molecule has 1 aromatic rings. The first-order valence-corrected chi connectivity index (χ1v) is 8.12. The highest BCUT2D eigenvalue weighted by Crippen LogP contribution is 2.23. The van der Waals surface area contributed by atoms with Crippen LogP contribution < -0.4 is 15.5 Å². The summed E-state index contributed by atoms with van der Waals surface area (Å²) in [6.45, 7) is 4.70. The fraction of sp³-hybridized carbons (Fsp3) is 0.588. The predicted octanol–water partition coefficient (Wildman–Crippen LogP) is 2.87. The highest BCUT2D eigenvalue weighted by molar-refractivity contribution is 5.80. The van der Waals surface area contributed by atoms with Crippen molar-refractivity contribution in [1.29, 1.82) is 0 Å². The Morgan fingerprint density at radius 1 is 1.36 bits per heavy atom. The third-order valence-electron chi connectivity index (χ3n) is 4.02. The van der Waals surface area contributed by atoms with Gasteiger partial charge in [-0.15, -0.1) is 0 Å². The normalized spacial score (nSPS) is 16.7. The number of benzene rings is 1. The van der Waals surface area contributed by atoms with Crippen molar-refractivity contribution in [1.82, 2.24) is 10.6 Å². The molecule has 1 aromatic carbocycles. The number of hydrogen-bond acceptors (Lipinski definition) is 2. The molecule has 0 spiro atoms. The van der Waals surface area contributed by atoms with Crippen LogP contribution in [0.3, 0.4) is 0 Å². The molecule has 0 radical (unpaired) electrons. The van der Waals surface area contributed by atoms with Crippen LogP contribution in [0.2, 0.25) is 0 Å². The van der Waals surface area contributed by atoms with Crippen molar-refractivity contribution in [3.8, 4) is 0 Å². The van der Waals surface area contributed by atoms with Crippen molar-refractivity contribution in [2.45, 2.75) is 32.2 Å². The van der Waals surface area contributed by atoms with E-state index in [0.29, 0.717) is 18.9 Å². The molecular weight excluding hydrogens is 279 g/mol. The van der Waals surface area contributed by atoms with Crippen molar-refractivity contribution in [3.05, 3.63) is 29.8 Å². The van der Waals surface area contributed by atoms with Gasteiger partial charge in [0.15, 0.2) is 5.96 Å². The number of alkyl halides is 1. The van der Waals surface area contributed by atoms with Gasteiger partial charge in [0.1, 0.15) is 0 Å². The van der Waals surface area contributed by atoms with Gasteiger partial charge in [0, 0.05) is 32.4 Å². The van der Waals surface area contributed by atoms with Crippen LogP contribution in [-0.2, 0) is 0 Å². The molecule has 0 aliphatic carbocycles. The molecule has 1 atom stereocenters. The molecule has 2 rings (SSSR count). The highest BCUT2D eigenvalue weighted by Gasteiger charge is 2.14. The zero-order valence-corrected chi connectivity index (χ0v) is 13.6. The Labute approximate surface area is 132 Å². The van der Waals surface area contributed by atoms with Crippen molar-refractivity contribution in [2.24, 2.45) is 4.99 Å².